The van der Waals surface area contributed by atoms with Crippen molar-refractivity contribution in [2.75, 3.05) is 11.4 Å². The molecule has 0 bridgehead atoms. The Hall–Kier alpha value is -1.61. The molecule has 0 unspecified atom stereocenters. The Morgan fingerprint density at radius 3 is 2.50 bits per heavy atom. The Labute approximate surface area is 113 Å². The van der Waals surface area contributed by atoms with Crippen LogP contribution in [0, 0.1) is 0 Å². The molecule has 2 rings (SSSR count). The third kappa shape index (κ3) is 2.78. The molecule has 0 aliphatic carbocycles. The zero-order valence-corrected chi connectivity index (χ0v) is 11.0. The third-order valence-electron chi connectivity index (χ3n) is 2.99. The van der Waals surface area contributed by atoms with Crippen LogP contribution < -0.4 is 10.0 Å². The van der Waals surface area contributed by atoms with Gasteiger partial charge in [0.15, 0.2) is 0 Å². The highest BCUT2D eigenvalue weighted by atomic mass is 32.2. The molecule has 20 heavy (non-hydrogen) atoms. The first-order valence-electron chi connectivity index (χ1n) is 5.65. The van der Waals surface area contributed by atoms with Crippen molar-refractivity contribution in [3.8, 4) is 0 Å². The fourth-order valence-electron chi connectivity index (χ4n) is 2.11. The van der Waals surface area contributed by atoms with Crippen LogP contribution >= 0.6 is 0 Å². The van der Waals surface area contributed by atoms with Gasteiger partial charge < -0.3 is 4.90 Å². The van der Waals surface area contributed by atoms with E-state index in [1.54, 1.807) is 0 Å². The maximum atomic E-state index is 12.5. The molecule has 1 aromatic rings. The summed E-state index contributed by atoms with van der Waals surface area (Å²) in [6.45, 7) is -0.0555. The van der Waals surface area contributed by atoms with Gasteiger partial charge in [-0.2, -0.15) is 13.2 Å². The van der Waals surface area contributed by atoms with E-state index in [9.17, 15) is 26.4 Å². The summed E-state index contributed by atoms with van der Waals surface area (Å²) >= 11 is 0. The molecule has 0 radical (unpaired) electrons. The number of nitrogens with two attached hydrogens (primary N) is 1. The van der Waals surface area contributed by atoms with Gasteiger partial charge in [0.05, 0.1) is 4.90 Å². The molecule has 0 saturated heterocycles. The van der Waals surface area contributed by atoms with Crippen molar-refractivity contribution in [2.24, 2.45) is 5.14 Å². The number of nitrogens with zero attached hydrogens (tertiary/aromatic N) is 1. The molecule has 0 spiro atoms. The topological polar surface area (TPSA) is 80.5 Å². The second-order valence-corrected chi connectivity index (χ2v) is 5.96. The lowest BCUT2D eigenvalue weighted by Gasteiger charge is -2.30. The molecule has 0 atom stereocenters. The minimum absolute atomic E-state index is 0.0555. The molecule has 2 N–H and O–H groups in total. The van der Waals surface area contributed by atoms with E-state index < -0.39 is 22.1 Å². The first kappa shape index (κ1) is 14.8. The van der Waals surface area contributed by atoms with Crippen LogP contribution in [0.3, 0.4) is 0 Å². The lowest BCUT2D eigenvalue weighted by Crippen LogP contribution is -2.43. The summed E-state index contributed by atoms with van der Waals surface area (Å²) in [4.78, 5) is 11.8. The number of sulfonamides is 1. The van der Waals surface area contributed by atoms with Crippen molar-refractivity contribution in [3.05, 3.63) is 23.8 Å². The minimum atomic E-state index is -4.97. The van der Waals surface area contributed by atoms with Crippen LogP contribution in [0.2, 0.25) is 0 Å². The number of alkyl halides is 3. The maximum absolute atomic E-state index is 12.5. The van der Waals surface area contributed by atoms with Crippen LogP contribution in [0.15, 0.2) is 23.1 Å². The Morgan fingerprint density at radius 2 is 1.95 bits per heavy atom. The number of aryl methyl sites for hydroxylation is 1. The normalized spacial score (nSPS) is 15.9. The maximum Gasteiger partial charge on any atom is 0.471 e. The molecule has 110 valence electrons. The van der Waals surface area contributed by atoms with Gasteiger partial charge in [-0.3, -0.25) is 4.79 Å². The molecule has 1 aromatic carbocycles. The quantitative estimate of drug-likeness (QED) is 0.846. The zero-order chi connectivity index (χ0) is 15.1. The molecule has 0 aromatic heterocycles. The van der Waals surface area contributed by atoms with Crippen molar-refractivity contribution >= 4 is 21.6 Å². The number of benzene rings is 1. The van der Waals surface area contributed by atoms with Crippen molar-refractivity contribution in [1.29, 1.82) is 0 Å². The highest BCUT2D eigenvalue weighted by molar-refractivity contribution is 7.89. The fourth-order valence-corrected chi connectivity index (χ4v) is 2.68. The van der Waals surface area contributed by atoms with Gasteiger partial charge in [0.1, 0.15) is 0 Å². The smallest absolute Gasteiger partial charge is 0.304 e. The number of rotatable bonds is 1. The van der Waals surface area contributed by atoms with E-state index >= 15 is 0 Å². The van der Waals surface area contributed by atoms with Gasteiger partial charge in [0, 0.05) is 12.2 Å². The van der Waals surface area contributed by atoms with Crippen molar-refractivity contribution in [2.45, 2.75) is 23.9 Å². The summed E-state index contributed by atoms with van der Waals surface area (Å²) in [5.74, 6) is -1.96. The standard InChI is InChI=1S/C11H11F3N2O3S/c12-11(13,14)10(17)16-5-1-2-7-6-8(20(15,18)19)3-4-9(7)16/h3-4,6H,1-2,5H2,(H2,15,18,19). The number of hydrogen-bond acceptors (Lipinski definition) is 3. The Balaban J connectivity index is 2.46. The molecule has 1 aliphatic rings. The van der Waals surface area contributed by atoms with Crippen LogP contribution in [0.25, 0.3) is 0 Å². The molecular formula is C11H11F3N2O3S. The molecule has 1 aliphatic heterocycles. The summed E-state index contributed by atoms with van der Waals surface area (Å²) < 4.78 is 59.9. The highest BCUT2D eigenvalue weighted by Gasteiger charge is 2.44. The monoisotopic (exact) mass is 308 g/mol. The average molecular weight is 308 g/mol. The summed E-state index contributed by atoms with van der Waals surface area (Å²) in [6.07, 6.45) is -4.25. The van der Waals surface area contributed by atoms with E-state index in [1.165, 1.54) is 12.1 Å². The molecular weight excluding hydrogens is 297 g/mol. The number of primary sulfonamides is 1. The average Bonchev–Trinajstić information content (AvgIpc) is 2.34. The molecule has 0 saturated carbocycles. The number of hydrogen-bond donors (Lipinski definition) is 1. The molecule has 1 heterocycles. The third-order valence-corrected chi connectivity index (χ3v) is 3.90. The second kappa shape index (κ2) is 4.74. The van der Waals surface area contributed by atoms with Gasteiger partial charge in [0.2, 0.25) is 10.0 Å². The van der Waals surface area contributed by atoms with E-state index in [0.717, 1.165) is 6.07 Å². The van der Waals surface area contributed by atoms with Gasteiger partial charge in [0.25, 0.3) is 0 Å². The largest absolute Gasteiger partial charge is 0.471 e. The highest BCUT2D eigenvalue weighted by Crippen LogP contribution is 2.32. The van der Waals surface area contributed by atoms with Gasteiger partial charge >= 0.3 is 12.1 Å². The van der Waals surface area contributed by atoms with E-state index in [2.05, 4.69) is 0 Å². The lowest BCUT2D eigenvalue weighted by molar-refractivity contribution is -0.170. The first-order chi connectivity index (χ1) is 9.10. The van der Waals surface area contributed by atoms with Gasteiger partial charge in [-0.15, -0.1) is 0 Å². The van der Waals surface area contributed by atoms with Crippen LogP contribution in [-0.2, 0) is 21.2 Å². The number of amides is 1. The van der Waals surface area contributed by atoms with Crippen molar-refractivity contribution < 1.29 is 26.4 Å². The summed E-state index contributed by atoms with van der Waals surface area (Å²) in [6, 6.07) is 3.48. The first-order valence-corrected chi connectivity index (χ1v) is 7.20. The van der Waals surface area contributed by atoms with E-state index in [-0.39, 0.29) is 17.1 Å². The minimum Gasteiger partial charge on any atom is -0.304 e. The van der Waals surface area contributed by atoms with E-state index in [1.807, 2.05) is 0 Å². The van der Waals surface area contributed by atoms with Gasteiger partial charge in [-0.25, -0.2) is 13.6 Å². The predicted octanol–water partition coefficient (Wildman–Crippen LogP) is 1.18. The summed E-state index contributed by atoms with van der Waals surface area (Å²) in [7, 11) is -3.93. The number of fused-ring (bicyclic) bond motifs is 1. The lowest BCUT2D eigenvalue weighted by atomic mass is 10.0. The zero-order valence-electron chi connectivity index (χ0n) is 10.1. The fraction of sp³-hybridized carbons (Fsp3) is 0.364. The second-order valence-electron chi connectivity index (χ2n) is 4.39. The SMILES string of the molecule is NS(=O)(=O)c1ccc2c(c1)CCCN2C(=O)C(F)(F)F. The van der Waals surface area contributed by atoms with E-state index in [4.69, 9.17) is 5.14 Å². The van der Waals surface area contributed by atoms with Crippen LogP contribution in [0.4, 0.5) is 18.9 Å². The van der Waals surface area contributed by atoms with Gasteiger partial charge in [-0.05, 0) is 36.6 Å². The number of anilines is 1. The van der Waals surface area contributed by atoms with Crippen LogP contribution in [-0.4, -0.2) is 27.0 Å². The van der Waals surface area contributed by atoms with E-state index in [0.29, 0.717) is 23.3 Å². The number of carbonyl (C=O) groups is 1. The number of halogens is 3. The summed E-state index contributed by atoms with van der Waals surface area (Å²) in [5, 5.41) is 4.97. The number of carbonyl (C=O) groups excluding carboxylic acids is 1. The Morgan fingerprint density at radius 1 is 1.30 bits per heavy atom. The summed E-state index contributed by atoms with van der Waals surface area (Å²) in [5.41, 5.74) is 0.436. The molecule has 0 fully saturated rings. The Bertz CT molecular complexity index is 655. The van der Waals surface area contributed by atoms with Crippen LogP contribution in [0.1, 0.15) is 12.0 Å². The molecule has 5 nitrogen and oxygen atoms in total. The molecule has 9 heteroatoms. The van der Waals surface area contributed by atoms with Crippen molar-refractivity contribution in [3.63, 3.8) is 0 Å². The van der Waals surface area contributed by atoms with Crippen LogP contribution in [0.5, 0.6) is 0 Å². The van der Waals surface area contributed by atoms with Gasteiger partial charge in [-0.1, -0.05) is 0 Å². The predicted molar refractivity (Wildman–Crippen MR) is 64.5 cm³/mol. The molecule has 1 amide bonds. The van der Waals surface area contributed by atoms with Crippen molar-refractivity contribution in [1.82, 2.24) is 0 Å². The Kier molecular flexibility index (Phi) is 3.51.